The lowest BCUT2D eigenvalue weighted by Crippen LogP contribution is -2.31. The average Bonchev–Trinajstić information content (AvgIpc) is 2.67. The third kappa shape index (κ3) is 4.53. The number of amides is 1. The van der Waals surface area contributed by atoms with E-state index >= 15 is 0 Å². The van der Waals surface area contributed by atoms with Crippen LogP contribution in [0.3, 0.4) is 0 Å². The van der Waals surface area contributed by atoms with Gasteiger partial charge in [-0.2, -0.15) is 0 Å². The summed E-state index contributed by atoms with van der Waals surface area (Å²) in [5.74, 6) is 0.316. The highest BCUT2D eigenvalue weighted by Crippen LogP contribution is 2.37. The number of carbonyl (C=O) groups is 1. The van der Waals surface area contributed by atoms with Gasteiger partial charge in [0.1, 0.15) is 11.4 Å². The van der Waals surface area contributed by atoms with Gasteiger partial charge in [-0.15, -0.1) is 0 Å². The van der Waals surface area contributed by atoms with Gasteiger partial charge in [-0.3, -0.25) is 4.79 Å². The zero-order valence-electron chi connectivity index (χ0n) is 16.1. The minimum Gasteiger partial charge on any atom is -0.496 e. The van der Waals surface area contributed by atoms with Crippen LogP contribution in [0.4, 0.5) is 5.69 Å². The Morgan fingerprint density at radius 2 is 1.89 bits per heavy atom. The van der Waals surface area contributed by atoms with Crippen molar-refractivity contribution in [1.82, 2.24) is 5.32 Å². The smallest absolute Gasteiger partial charge is 0.269 e. The molecule has 2 rings (SSSR count). The van der Waals surface area contributed by atoms with E-state index in [4.69, 9.17) is 21.9 Å². The number of aryl methyl sites for hydroxylation is 1. The summed E-state index contributed by atoms with van der Waals surface area (Å²) >= 11 is 0. The quantitative estimate of drug-likeness (QED) is 0.341. The van der Waals surface area contributed by atoms with Gasteiger partial charge in [-0.25, -0.2) is 0 Å². The van der Waals surface area contributed by atoms with Crippen molar-refractivity contribution < 1.29 is 9.53 Å². The Kier molecular flexibility index (Phi) is 6.71. The maximum atomic E-state index is 12.2. The highest BCUT2D eigenvalue weighted by Gasteiger charge is 2.17. The molecule has 0 fully saturated rings. The zero-order chi connectivity index (χ0) is 20.0. The van der Waals surface area contributed by atoms with E-state index < -0.39 is 0 Å². The maximum absolute atomic E-state index is 12.2. The normalized spacial score (nSPS) is 11.7. The predicted octanol–water partition coefficient (Wildman–Crippen LogP) is 2.76. The van der Waals surface area contributed by atoms with Gasteiger partial charge in [0.2, 0.25) is 0 Å². The number of nitrogen functional groups attached to an aromatic ring is 1. The number of methoxy groups -OCH3 is 1. The molecule has 2 aromatic carbocycles. The van der Waals surface area contributed by atoms with Crippen molar-refractivity contribution >= 4 is 17.3 Å². The van der Waals surface area contributed by atoms with E-state index in [9.17, 15) is 4.79 Å². The molecule has 7 N–H and O–H groups in total. The van der Waals surface area contributed by atoms with Gasteiger partial charge in [0.15, 0.2) is 0 Å². The van der Waals surface area contributed by atoms with E-state index in [1.54, 1.807) is 13.2 Å². The lowest BCUT2D eigenvalue weighted by molar-refractivity contribution is -0.117. The summed E-state index contributed by atoms with van der Waals surface area (Å²) < 4.78 is 5.46. The number of carbonyl (C=O) groups excluding carboxylic acids is 1. The van der Waals surface area contributed by atoms with Crippen LogP contribution >= 0.6 is 0 Å². The van der Waals surface area contributed by atoms with Crippen LogP contribution in [0, 0.1) is 6.92 Å². The molecule has 0 aliphatic carbocycles. The van der Waals surface area contributed by atoms with E-state index in [0.717, 1.165) is 29.5 Å². The SMILES string of the molecule is CCCCNC(=O)/C(N)=C(\N)c1cccc(-c2cc(C)ccc2OC)c1N. The molecular weight excluding hydrogens is 340 g/mol. The van der Waals surface area contributed by atoms with Crippen LogP contribution in [-0.4, -0.2) is 19.6 Å². The monoisotopic (exact) mass is 368 g/mol. The minimum atomic E-state index is -0.390. The Bertz CT molecular complexity index is 859. The molecule has 0 heterocycles. The molecule has 6 heteroatoms. The van der Waals surface area contributed by atoms with E-state index in [1.165, 1.54) is 0 Å². The van der Waals surface area contributed by atoms with Crippen LogP contribution in [0.5, 0.6) is 5.75 Å². The van der Waals surface area contributed by atoms with Gasteiger partial charge in [0.25, 0.3) is 5.91 Å². The maximum Gasteiger partial charge on any atom is 0.269 e. The number of benzene rings is 2. The van der Waals surface area contributed by atoms with Crippen molar-refractivity contribution in [2.75, 3.05) is 19.4 Å². The molecule has 0 unspecified atom stereocenters. The summed E-state index contributed by atoms with van der Waals surface area (Å²) in [7, 11) is 1.61. The molecule has 0 saturated heterocycles. The number of rotatable bonds is 7. The van der Waals surface area contributed by atoms with Crippen LogP contribution in [-0.2, 0) is 4.79 Å². The highest BCUT2D eigenvalue weighted by molar-refractivity contribution is 6.01. The Morgan fingerprint density at radius 1 is 1.15 bits per heavy atom. The average molecular weight is 368 g/mol. The lowest BCUT2D eigenvalue weighted by atomic mass is 9.96. The molecular formula is C21H28N4O2. The standard InChI is InChI=1S/C21H28N4O2/c1-4-5-11-25-21(26)20(24)19(23)15-8-6-7-14(18(15)22)16-12-13(2)9-10-17(16)27-3/h6-10,12H,4-5,11,22-24H2,1-3H3,(H,25,26)/b20-19+. The third-order valence-corrected chi connectivity index (χ3v) is 4.39. The first-order valence-electron chi connectivity index (χ1n) is 8.98. The predicted molar refractivity (Wildman–Crippen MR) is 111 cm³/mol. The summed E-state index contributed by atoms with van der Waals surface area (Å²) in [5.41, 5.74) is 22.4. The van der Waals surface area contributed by atoms with Crippen molar-refractivity contribution in [2.45, 2.75) is 26.7 Å². The number of nitrogens with two attached hydrogens (primary N) is 3. The van der Waals surface area contributed by atoms with Crippen LogP contribution in [0.25, 0.3) is 16.8 Å². The van der Waals surface area contributed by atoms with Crippen molar-refractivity contribution in [3.05, 3.63) is 53.2 Å². The molecule has 0 bridgehead atoms. The van der Waals surface area contributed by atoms with Gasteiger partial charge >= 0.3 is 0 Å². The zero-order valence-corrected chi connectivity index (χ0v) is 16.1. The Labute approximate surface area is 160 Å². The number of para-hydroxylation sites is 1. The summed E-state index contributed by atoms with van der Waals surface area (Å²) in [4.78, 5) is 12.2. The molecule has 27 heavy (non-hydrogen) atoms. The molecule has 0 aliphatic rings. The Balaban J connectivity index is 2.46. The van der Waals surface area contributed by atoms with Crippen molar-refractivity contribution in [2.24, 2.45) is 11.5 Å². The second-order valence-electron chi connectivity index (χ2n) is 6.41. The minimum absolute atomic E-state index is 0.0360. The van der Waals surface area contributed by atoms with E-state index in [-0.39, 0.29) is 17.3 Å². The number of unbranched alkanes of at least 4 members (excludes halogenated alkanes) is 1. The fourth-order valence-electron chi connectivity index (χ4n) is 2.81. The number of nitrogens with one attached hydrogen (secondary N) is 1. The van der Waals surface area contributed by atoms with Gasteiger partial charge in [0, 0.05) is 28.9 Å². The molecule has 144 valence electrons. The third-order valence-electron chi connectivity index (χ3n) is 4.39. The number of hydrogen-bond donors (Lipinski definition) is 4. The second kappa shape index (κ2) is 8.98. The van der Waals surface area contributed by atoms with E-state index in [1.807, 2.05) is 44.2 Å². The van der Waals surface area contributed by atoms with Crippen LogP contribution in [0.1, 0.15) is 30.9 Å². The fourth-order valence-corrected chi connectivity index (χ4v) is 2.81. The van der Waals surface area contributed by atoms with Crippen molar-refractivity contribution in [1.29, 1.82) is 0 Å². The summed E-state index contributed by atoms with van der Waals surface area (Å²) in [6, 6.07) is 11.3. The molecule has 0 atom stereocenters. The topological polar surface area (TPSA) is 116 Å². The first-order valence-corrected chi connectivity index (χ1v) is 8.98. The molecule has 2 aromatic rings. The van der Waals surface area contributed by atoms with E-state index in [2.05, 4.69) is 5.32 Å². The second-order valence-corrected chi connectivity index (χ2v) is 6.41. The van der Waals surface area contributed by atoms with Gasteiger partial charge < -0.3 is 27.3 Å². The lowest BCUT2D eigenvalue weighted by Gasteiger charge is -2.16. The molecule has 0 spiro atoms. The van der Waals surface area contributed by atoms with Crippen LogP contribution in [0.2, 0.25) is 0 Å². The molecule has 1 amide bonds. The number of ether oxygens (including phenoxy) is 1. The summed E-state index contributed by atoms with van der Waals surface area (Å²) in [6.45, 7) is 4.60. The number of hydrogen-bond acceptors (Lipinski definition) is 5. The van der Waals surface area contributed by atoms with Crippen LogP contribution < -0.4 is 27.3 Å². The largest absolute Gasteiger partial charge is 0.496 e. The molecule has 0 aromatic heterocycles. The van der Waals surface area contributed by atoms with Gasteiger partial charge in [-0.1, -0.05) is 43.2 Å². The van der Waals surface area contributed by atoms with Crippen molar-refractivity contribution in [3.8, 4) is 16.9 Å². The molecule has 6 nitrogen and oxygen atoms in total. The van der Waals surface area contributed by atoms with Gasteiger partial charge in [0.05, 0.1) is 12.8 Å². The first-order chi connectivity index (χ1) is 12.9. The molecule has 0 aliphatic heterocycles. The van der Waals surface area contributed by atoms with Crippen LogP contribution in [0.15, 0.2) is 42.1 Å². The summed E-state index contributed by atoms with van der Waals surface area (Å²) in [6.07, 6.45) is 1.86. The first kappa shape index (κ1) is 20.2. The molecule has 0 saturated carbocycles. The van der Waals surface area contributed by atoms with Crippen molar-refractivity contribution in [3.63, 3.8) is 0 Å². The fraction of sp³-hybridized carbons (Fsp3) is 0.286. The Morgan fingerprint density at radius 3 is 2.56 bits per heavy atom. The molecule has 0 radical (unpaired) electrons. The number of anilines is 1. The highest BCUT2D eigenvalue weighted by atomic mass is 16.5. The van der Waals surface area contributed by atoms with Gasteiger partial charge in [-0.05, 0) is 25.5 Å². The summed E-state index contributed by atoms with van der Waals surface area (Å²) in [5, 5.41) is 2.76. The van der Waals surface area contributed by atoms with E-state index in [0.29, 0.717) is 23.5 Å². The Hall–Kier alpha value is -3.15.